The third-order valence-electron chi connectivity index (χ3n) is 1.19. The van der Waals surface area contributed by atoms with Crippen LogP contribution in [0, 0.1) is 0 Å². The number of nitrogens with zero attached hydrogens (tertiary/aromatic N) is 1. The van der Waals surface area contributed by atoms with E-state index in [4.69, 9.17) is 10.8 Å². The Balaban J connectivity index is 3.39. The molecule has 0 aliphatic carbocycles. The van der Waals surface area contributed by atoms with Gasteiger partial charge in [0, 0.05) is 13.1 Å². The molecule has 0 heterocycles. The maximum Gasteiger partial charge on any atom is 0.188 e. The van der Waals surface area contributed by atoms with Crippen LogP contribution in [0.4, 0.5) is 0 Å². The zero-order chi connectivity index (χ0) is 8.69. The van der Waals surface area contributed by atoms with E-state index in [1.54, 1.807) is 6.92 Å². The fourth-order valence-corrected chi connectivity index (χ4v) is 0.609. The van der Waals surface area contributed by atoms with Crippen molar-refractivity contribution >= 4 is 5.96 Å². The molecule has 1 atom stereocenters. The van der Waals surface area contributed by atoms with Crippen molar-refractivity contribution in [2.45, 2.75) is 26.4 Å². The van der Waals surface area contributed by atoms with Gasteiger partial charge in [0.15, 0.2) is 5.96 Å². The van der Waals surface area contributed by atoms with Gasteiger partial charge in [-0.1, -0.05) is 0 Å². The van der Waals surface area contributed by atoms with E-state index in [9.17, 15) is 0 Å². The van der Waals surface area contributed by atoms with Gasteiger partial charge in [0.2, 0.25) is 0 Å². The minimum absolute atomic E-state index is 0.298. The van der Waals surface area contributed by atoms with Gasteiger partial charge in [0.25, 0.3) is 0 Å². The van der Waals surface area contributed by atoms with Crippen molar-refractivity contribution in [3.05, 3.63) is 0 Å². The first kappa shape index (κ1) is 10.2. The van der Waals surface area contributed by atoms with Crippen LogP contribution < -0.4 is 11.1 Å². The first-order valence-corrected chi connectivity index (χ1v) is 3.88. The quantitative estimate of drug-likeness (QED) is 0.389. The number of aliphatic hydroxyl groups is 1. The Morgan fingerprint density at radius 3 is 2.82 bits per heavy atom. The average molecular weight is 159 g/mol. The standard InChI is InChI=1S/C7H17N3O/c1-3-9-7(8)10-5-4-6(2)11/h6,11H,3-5H2,1-2H3,(H3,8,9,10). The molecular weight excluding hydrogens is 142 g/mol. The third kappa shape index (κ3) is 7.12. The van der Waals surface area contributed by atoms with Gasteiger partial charge < -0.3 is 16.2 Å². The Hall–Kier alpha value is -0.770. The van der Waals surface area contributed by atoms with E-state index in [0.29, 0.717) is 18.9 Å². The van der Waals surface area contributed by atoms with Crippen LogP contribution in [0.15, 0.2) is 4.99 Å². The molecule has 0 spiro atoms. The Morgan fingerprint density at radius 1 is 1.73 bits per heavy atom. The predicted molar refractivity (Wildman–Crippen MR) is 46.5 cm³/mol. The fourth-order valence-electron chi connectivity index (χ4n) is 0.609. The number of guanidine groups is 1. The van der Waals surface area contributed by atoms with E-state index in [0.717, 1.165) is 6.54 Å². The van der Waals surface area contributed by atoms with Gasteiger partial charge in [-0.15, -0.1) is 0 Å². The summed E-state index contributed by atoms with van der Waals surface area (Å²) in [4.78, 5) is 3.98. The molecule has 0 rings (SSSR count). The van der Waals surface area contributed by atoms with Gasteiger partial charge in [-0.25, -0.2) is 0 Å². The minimum atomic E-state index is -0.298. The number of hydrogen-bond donors (Lipinski definition) is 3. The maximum absolute atomic E-state index is 8.86. The van der Waals surface area contributed by atoms with Gasteiger partial charge in [-0.3, -0.25) is 4.99 Å². The van der Waals surface area contributed by atoms with Crippen LogP contribution >= 0.6 is 0 Å². The molecule has 1 unspecified atom stereocenters. The summed E-state index contributed by atoms with van der Waals surface area (Å²) in [5, 5.41) is 11.7. The molecule has 0 saturated heterocycles. The third-order valence-corrected chi connectivity index (χ3v) is 1.19. The normalized spacial score (nSPS) is 14.6. The van der Waals surface area contributed by atoms with Crippen molar-refractivity contribution in [2.24, 2.45) is 10.7 Å². The van der Waals surface area contributed by atoms with Crippen LogP contribution in [0.3, 0.4) is 0 Å². The van der Waals surface area contributed by atoms with E-state index >= 15 is 0 Å². The summed E-state index contributed by atoms with van der Waals surface area (Å²) in [6.45, 7) is 5.05. The summed E-state index contributed by atoms with van der Waals surface area (Å²) >= 11 is 0. The van der Waals surface area contributed by atoms with Crippen molar-refractivity contribution in [3.63, 3.8) is 0 Å². The molecule has 0 amide bonds. The maximum atomic E-state index is 8.86. The van der Waals surface area contributed by atoms with Crippen LogP contribution in [-0.4, -0.2) is 30.3 Å². The molecule has 66 valence electrons. The van der Waals surface area contributed by atoms with Gasteiger partial charge in [-0.2, -0.15) is 0 Å². The van der Waals surface area contributed by atoms with Crippen molar-refractivity contribution in [1.29, 1.82) is 0 Å². The van der Waals surface area contributed by atoms with E-state index in [1.165, 1.54) is 0 Å². The molecule has 0 aromatic carbocycles. The van der Waals surface area contributed by atoms with Gasteiger partial charge in [-0.05, 0) is 20.3 Å². The largest absolute Gasteiger partial charge is 0.393 e. The SMILES string of the molecule is CCNC(N)=NCCC(C)O. The molecule has 0 fully saturated rings. The molecule has 4 nitrogen and oxygen atoms in total. The second-order valence-corrected chi connectivity index (χ2v) is 2.43. The van der Waals surface area contributed by atoms with E-state index < -0.39 is 0 Å². The molecular formula is C7H17N3O. The number of aliphatic hydroxyl groups excluding tert-OH is 1. The van der Waals surface area contributed by atoms with Crippen LogP contribution in [0.5, 0.6) is 0 Å². The number of nitrogens with two attached hydrogens (primary N) is 1. The lowest BCUT2D eigenvalue weighted by Gasteiger charge is -2.02. The lowest BCUT2D eigenvalue weighted by molar-refractivity contribution is 0.187. The van der Waals surface area contributed by atoms with Gasteiger partial charge >= 0.3 is 0 Å². The highest BCUT2D eigenvalue weighted by Gasteiger charge is 1.93. The molecule has 0 bridgehead atoms. The van der Waals surface area contributed by atoms with E-state index in [1.807, 2.05) is 6.92 Å². The predicted octanol–water partition coefficient (Wildman–Crippen LogP) is -0.318. The topological polar surface area (TPSA) is 70.6 Å². The smallest absolute Gasteiger partial charge is 0.188 e. The molecule has 11 heavy (non-hydrogen) atoms. The molecule has 0 aromatic rings. The number of nitrogens with one attached hydrogen (secondary N) is 1. The van der Waals surface area contributed by atoms with Crippen LogP contribution in [-0.2, 0) is 0 Å². The lowest BCUT2D eigenvalue weighted by atomic mass is 10.3. The fraction of sp³-hybridized carbons (Fsp3) is 0.857. The number of aliphatic imine (C=N–C) groups is 1. The molecule has 0 aliphatic rings. The Kier molecular flexibility index (Phi) is 5.56. The lowest BCUT2D eigenvalue weighted by Crippen LogP contribution is -2.31. The second-order valence-electron chi connectivity index (χ2n) is 2.43. The highest BCUT2D eigenvalue weighted by atomic mass is 16.3. The zero-order valence-electron chi connectivity index (χ0n) is 7.17. The van der Waals surface area contributed by atoms with Crippen molar-refractivity contribution in [3.8, 4) is 0 Å². The summed E-state index contributed by atoms with van der Waals surface area (Å²) < 4.78 is 0. The second kappa shape index (κ2) is 5.97. The highest BCUT2D eigenvalue weighted by Crippen LogP contribution is 1.88. The Labute approximate surface area is 67.5 Å². The summed E-state index contributed by atoms with van der Waals surface area (Å²) in [5.41, 5.74) is 5.43. The molecule has 0 aliphatic heterocycles. The minimum Gasteiger partial charge on any atom is -0.393 e. The van der Waals surface area contributed by atoms with Crippen molar-refractivity contribution in [1.82, 2.24) is 5.32 Å². The zero-order valence-corrected chi connectivity index (χ0v) is 7.17. The first-order chi connectivity index (χ1) is 5.16. The summed E-state index contributed by atoms with van der Waals surface area (Å²) in [5.74, 6) is 0.452. The van der Waals surface area contributed by atoms with Gasteiger partial charge in [0.1, 0.15) is 0 Å². The molecule has 4 heteroatoms. The van der Waals surface area contributed by atoms with Crippen molar-refractivity contribution in [2.75, 3.05) is 13.1 Å². The van der Waals surface area contributed by atoms with Crippen LogP contribution in [0.2, 0.25) is 0 Å². The van der Waals surface area contributed by atoms with Crippen molar-refractivity contribution < 1.29 is 5.11 Å². The molecule has 0 aromatic heterocycles. The number of rotatable bonds is 4. The average Bonchev–Trinajstić information content (AvgIpc) is 1.87. The Bertz CT molecular complexity index is 123. The van der Waals surface area contributed by atoms with E-state index in [2.05, 4.69) is 10.3 Å². The molecule has 0 saturated carbocycles. The van der Waals surface area contributed by atoms with Crippen LogP contribution in [0.25, 0.3) is 0 Å². The molecule has 4 N–H and O–H groups in total. The highest BCUT2D eigenvalue weighted by molar-refractivity contribution is 5.77. The Morgan fingerprint density at radius 2 is 2.36 bits per heavy atom. The first-order valence-electron chi connectivity index (χ1n) is 3.88. The van der Waals surface area contributed by atoms with Gasteiger partial charge in [0.05, 0.1) is 6.10 Å². The summed E-state index contributed by atoms with van der Waals surface area (Å²) in [6, 6.07) is 0. The summed E-state index contributed by atoms with van der Waals surface area (Å²) in [7, 11) is 0. The molecule has 0 radical (unpaired) electrons. The van der Waals surface area contributed by atoms with E-state index in [-0.39, 0.29) is 6.10 Å². The number of hydrogen-bond acceptors (Lipinski definition) is 2. The monoisotopic (exact) mass is 159 g/mol. The summed E-state index contributed by atoms with van der Waals surface area (Å²) in [6.07, 6.45) is 0.361. The van der Waals surface area contributed by atoms with Crippen LogP contribution in [0.1, 0.15) is 20.3 Å².